The summed E-state index contributed by atoms with van der Waals surface area (Å²) in [6.07, 6.45) is 8.32. The second-order valence-corrected chi connectivity index (χ2v) is 12.9. The number of aliphatic hydroxyl groups is 1. The van der Waals surface area contributed by atoms with E-state index in [1.165, 1.54) is 19.3 Å². The molecular formula is C15H30O2Si. The van der Waals surface area contributed by atoms with Gasteiger partial charge in [0.2, 0.25) is 0 Å². The van der Waals surface area contributed by atoms with Gasteiger partial charge in [-0.2, -0.15) is 0 Å². The predicted molar refractivity (Wildman–Crippen MR) is 78.4 cm³/mol. The first-order valence-corrected chi connectivity index (χ1v) is 11.3. The Morgan fingerprint density at radius 3 is 2.67 bits per heavy atom. The van der Waals surface area contributed by atoms with Crippen molar-refractivity contribution >= 4 is 8.07 Å². The molecule has 0 amide bonds. The highest BCUT2D eigenvalue weighted by Crippen LogP contribution is 2.53. The molecule has 18 heavy (non-hydrogen) atoms. The second kappa shape index (κ2) is 5.26. The third-order valence-electron chi connectivity index (χ3n) is 4.99. The van der Waals surface area contributed by atoms with Crippen LogP contribution in [0, 0.1) is 5.92 Å². The molecular weight excluding hydrogens is 240 g/mol. The fourth-order valence-corrected chi connectivity index (χ4v) is 6.71. The molecule has 1 saturated carbocycles. The Hall–Kier alpha value is 0.137. The van der Waals surface area contributed by atoms with E-state index < -0.39 is 13.9 Å². The van der Waals surface area contributed by atoms with E-state index in [0.717, 1.165) is 31.2 Å². The fraction of sp³-hybridized carbons (Fsp3) is 1.00. The van der Waals surface area contributed by atoms with Gasteiger partial charge in [-0.15, -0.1) is 0 Å². The minimum atomic E-state index is -1.19. The van der Waals surface area contributed by atoms with Crippen LogP contribution in [-0.2, 0) is 4.74 Å². The summed E-state index contributed by atoms with van der Waals surface area (Å²) < 4.78 is 6.06. The lowest BCUT2D eigenvalue weighted by atomic mass is 9.81. The maximum Gasteiger partial charge on any atom is 0.168 e. The van der Waals surface area contributed by atoms with Crippen LogP contribution in [0.2, 0.25) is 25.2 Å². The molecule has 0 radical (unpaired) electrons. The van der Waals surface area contributed by atoms with Gasteiger partial charge < -0.3 is 9.84 Å². The van der Waals surface area contributed by atoms with Gasteiger partial charge in [-0.3, -0.25) is 0 Å². The van der Waals surface area contributed by atoms with Crippen molar-refractivity contribution in [3.05, 3.63) is 0 Å². The van der Waals surface area contributed by atoms with Crippen molar-refractivity contribution in [3.8, 4) is 0 Å². The average Bonchev–Trinajstić information content (AvgIpc) is 2.60. The van der Waals surface area contributed by atoms with Crippen molar-refractivity contribution in [2.24, 2.45) is 5.92 Å². The van der Waals surface area contributed by atoms with E-state index in [9.17, 15) is 5.11 Å². The van der Waals surface area contributed by atoms with E-state index in [4.69, 9.17) is 4.74 Å². The SMILES string of the molecule is CCCCC1C[C@@H]2[C@@H]([Si](C)(C)C)CCCC2(O)O1. The van der Waals surface area contributed by atoms with E-state index >= 15 is 0 Å². The van der Waals surface area contributed by atoms with Crippen LogP contribution in [0.4, 0.5) is 0 Å². The molecule has 0 aromatic heterocycles. The zero-order valence-corrected chi connectivity index (χ0v) is 13.5. The number of fused-ring (bicyclic) bond motifs is 1. The normalized spacial score (nSPS) is 40.8. The monoisotopic (exact) mass is 270 g/mol. The molecule has 1 aliphatic heterocycles. The Morgan fingerprint density at radius 1 is 1.33 bits per heavy atom. The van der Waals surface area contributed by atoms with E-state index in [2.05, 4.69) is 26.6 Å². The van der Waals surface area contributed by atoms with Crippen LogP contribution >= 0.6 is 0 Å². The van der Waals surface area contributed by atoms with Gasteiger partial charge in [0.05, 0.1) is 6.10 Å². The number of ether oxygens (including phenoxy) is 1. The van der Waals surface area contributed by atoms with Crippen LogP contribution in [0.5, 0.6) is 0 Å². The molecule has 1 aliphatic carbocycles. The molecule has 3 heteroatoms. The first-order valence-electron chi connectivity index (χ1n) is 7.77. The zero-order chi connectivity index (χ0) is 13.4. The van der Waals surface area contributed by atoms with Crippen LogP contribution < -0.4 is 0 Å². The number of hydrogen-bond donors (Lipinski definition) is 1. The van der Waals surface area contributed by atoms with Gasteiger partial charge in [0.25, 0.3) is 0 Å². The quantitative estimate of drug-likeness (QED) is 0.777. The summed E-state index contributed by atoms with van der Waals surface area (Å²) in [4.78, 5) is 0. The van der Waals surface area contributed by atoms with Gasteiger partial charge in [-0.1, -0.05) is 45.8 Å². The summed E-state index contributed by atoms with van der Waals surface area (Å²) >= 11 is 0. The Labute approximate surface area is 113 Å². The van der Waals surface area contributed by atoms with Gasteiger partial charge in [0.1, 0.15) is 0 Å². The molecule has 0 aromatic rings. The van der Waals surface area contributed by atoms with Crippen LogP contribution in [0.15, 0.2) is 0 Å². The molecule has 2 nitrogen and oxygen atoms in total. The number of unbranched alkanes of at least 4 members (excludes halogenated alkanes) is 1. The molecule has 1 N–H and O–H groups in total. The highest BCUT2D eigenvalue weighted by molar-refractivity contribution is 6.77. The molecule has 1 saturated heterocycles. The van der Waals surface area contributed by atoms with E-state index in [1.54, 1.807) is 0 Å². The van der Waals surface area contributed by atoms with Crippen LogP contribution in [-0.4, -0.2) is 25.1 Å². The van der Waals surface area contributed by atoms with Crippen LogP contribution in [0.25, 0.3) is 0 Å². The summed E-state index contributed by atoms with van der Waals surface area (Å²) in [6.45, 7) is 9.57. The lowest BCUT2D eigenvalue weighted by molar-refractivity contribution is -0.225. The lowest BCUT2D eigenvalue weighted by Gasteiger charge is -2.44. The highest BCUT2D eigenvalue weighted by atomic mass is 28.3. The van der Waals surface area contributed by atoms with Gasteiger partial charge in [0, 0.05) is 20.4 Å². The minimum absolute atomic E-state index is 0.317. The molecule has 2 rings (SSSR count). The largest absolute Gasteiger partial charge is 0.365 e. The maximum absolute atomic E-state index is 10.8. The second-order valence-electron chi connectivity index (χ2n) is 7.43. The van der Waals surface area contributed by atoms with Crippen molar-refractivity contribution < 1.29 is 9.84 Å². The van der Waals surface area contributed by atoms with Crippen LogP contribution in [0.3, 0.4) is 0 Å². The Morgan fingerprint density at radius 2 is 2.06 bits per heavy atom. The molecule has 0 spiro atoms. The smallest absolute Gasteiger partial charge is 0.168 e. The van der Waals surface area contributed by atoms with Crippen molar-refractivity contribution in [2.75, 3.05) is 0 Å². The van der Waals surface area contributed by atoms with Gasteiger partial charge in [0.15, 0.2) is 5.79 Å². The summed E-state index contributed by atoms with van der Waals surface area (Å²) in [7, 11) is -1.19. The summed E-state index contributed by atoms with van der Waals surface area (Å²) in [5, 5.41) is 10.8. The maximum atomic E-state index is 10.8. The van der Waals surface area contributed by atoms with Crippen molar-refractivity contribution in [1.29, 1.82) is 0 Å². The third-order valence-corrected chi connectivity index (χ3v) is 7.91. The lowest BCUT2D eigenvalue weighted by Crippen LogP contribution is -2.47. The summed E-state index contributed by atoms with van der Waals surface area (Å²) in [6, 6.07) is 0. The first kappa shape index (κ1) is 14.5. The Kier molecular flexibility index (Phi) is 4.25. The molecule has 2 fully saturated rings. The van der Waals surface area contributed by atoms with Crippen LogP contribution in [0.1, 0.15) is 51.9 Å². The molecule has 2 aliphatic rings. The standard InChI is InChI=1S/C15H30O2Si/c1-5-6-8-12-11-13-14(18(2,3)4)9-7-10-15(13,16)17-12/h12-14,16H,5-11H2,1-4H3/t12?,13-,14+,15?/m1/s1. The van der Waals surface area contributed by atoms with Crippen molar-refractivity contribution in [1.82, 2.24) is 0 Å². The van der Waals surface area contributed by atoms with E-state index in [0.29, 0.717) is 12.0 Å². The van der Waals surface area contributed by atoms with Crippen molar-refractivity contribution in [2.45, 2.75) is 88.9 Å². The van der Waals surface area contributed by atoms with E-state index in [1.807, 2.05) is 0 Å². The zero-order valence-electron chi connectivity index (χ0n) is 12.5. The van der Waals surface area contributed by atoms with Gasteiger partial charge in [-0.05, 0) is 24.8 Å². The number of hydrogen-bond acceptors (Lipinski definition) is 2. The topological polar surface area (TPSA) is 29.5 Å². The fourth-order valence-electron chi connectivity index (χ4n) is 4.04. The Bertz CT molecular complexity index is 287. The van der Waals surface area contributed by atoms with Crippen molar-refractivity contribution in [3.63, 3.8) is 0 Å². The molecule has 0 aromatic carbocycles. The third kappa shape index (κ3) is 2.83. The molecule has 2 unspecified atom stereocenters. The Balaban J connectivity index is 2.08. The molecule has 1 heterocycles. The predicted octanol–water partition coefficient (Wildman–Crippen LogP) is 4.16. The highest BCUT2D eigenvalue weighted by Gasteiger charge is 2.54. The molecule has 4 atom stereocenters. The van der Waals surface area contributed by atoms with Gasteiger partial charge >= 0.3 is 0 Å². The van der Waals surface area contributed by atoms with Gasteiger partial charge in [-0.25, -0.2) is 0 Å². The first-order chi connectivity index (χ1) is 8.37. The number of rotatable bonds is 4. The average molecular weight is 270 g/mol. The minimum Gasteiger partial charge on any atom is -0.365 e. The molecule has 0 bridgehead atoms. The summed E-state index contributed by atoms with van der Waals surface area (Å²) in [5.74, 6) is -0.360. The summed E-state index contributed by atoms with van der Waals surface area (Å²) in [5.41, 5.74) is 0.739. The molecule has 106 valence electrons. The van der Waals surface area contributed by atoms with E-state index in [-0.39, 0.29) is 0 Å².